The van der Waals surface area contributed by atoms with Gasteiger partial charge in [0, 0.05) is 23.9 Å². The van der Waals surface area contributed by atoms with Gasteiger partial charge in [0.05, 0.1) is 0 Å². The van der Waals surface area contributed by atoms with E-state index in [1.165, 1.54) is 28.3 Å². The third kappa shape index (κ3) is 3.07. The second-order valence-corrected chi connectivity index (χ2v) is 5.78. The largest absolute Gasteiger partial charge is 1.00 e. The molecule has 3 aromatic rings. The number of nitrogens with zero attached hydrogens (tertiary/aromatic N) is 1. The quantitative estimate of drug-likeness (QED) is 0.264. The number of thiophene rings is 1. The smallest absolute Gasteiger partial charge is 0.227 e. The van der Waals surface area contributed by atoms with E-state index in [1.807, 2.05) is 29.1 Å². The maximum absolute atomic E-state index is 12.3. The van der Waals surface area contributed by atoms with Crippen molar-refractivity contribution in [3.63, 3.8) is 0 Å². The number of pyridine rings is 1. The third-order valence-corrected chi connectivity index (χ3v) is 4.54. The Morgan fingerprint density at radius 3 is 2.68 bits per heavy atom. The number of halogens is 1. The highest BCUT2D eigenvalue weighted by Crippen LogP contribution is 2.25. The average molecular weight is 427 g/mol. The Bertz CT molecular complexity index is 845. The minimum Gasteiger partial charge on any atom is -1.00 e. The van der Waals surface area contributed by atoms with Gasteiger partial charge in [-0.3, -0.25) is 4.79 Å². The Kier molecular flexibility index (Phi) is 5.02. The lowest BCUT2D eigenvalue weighted by atomic mass is 10.1. The van der Waals surface area contributed by atoms with Gasteiger partial charge in [0.25, 0.3) is 0 Å². The first-order valence-corrected chi connectivity index (χ1v) is 7.35. The molecule has 0 atom stereocenters. The van der Waals surface area contributed by atoms with Crippen LogP contribution in [0.5, 0.6) is 11.5 Å². The summed E-state index contributed by atoms with van der Waals surface area (Å²) in [5.74, 6) is -0.624. The van der Waals surface area contributed by atoms with Crippen molar-refractivity contribution in [2.24, 2.45) is 0 Å². The van der Waals surface area contributed by atoms with Gasteiger partial charge >= 0.3 is 0 Å². The lowest BCUT2D eigenvalue weighted by Gasteiger charge is -2.03. The summed E-state index contributed by atoms with van der Waals surface area (Å²) in [5.41, 5.74) is 1.42. The molecule has 0 radical (unpaired) electrons. The van der Waals surface area contributed by atoms with Gasteiger partial charge in [-0.1, -0.05) is 0 Å². The van der Waals surface area contributed by atoms with E-state index < -0.39 is 0 Å². The molecule has 1 aromatic carbocycles. The van der Waals surface area contributed by atoms with Gasteiger partial charge in [-0.25, -0.2) is 0 Å². The fourth-order valence-electron chi connectivity index (χ4n) is 2.27. The molecule has 6 heteroatoms. The molecule has 0 unspecified atom stereocenters. The van der Waals surface area contributed by atoms with Crippen molar-refractivity contribution in [2.45, 2.75) is 13.5 Å². The summed E-state index contributed by atoms with van der Waals surface area (Å²) >= 11 is 1.65. The molecule has 114 valence electrons. The molecule has 2 aromatic heterocycles. The van der Waals surface area contributed by atoms with Crippen LogP contribution >= 0.6 is 11.3 Å². The Morgan fingerprint density at radius 1 is 1.18 bits per heavy atom. The van der Waals surface area contributed by atoms with Gasteiger partial charge in [0.2, 0.25) is 12.3 Å². The molecule has 0 bridgehead atoms. The summed E-state index contributed by atoms with van der Waals surface area (Å²) in [5, 5.41) is 22.0. The fraction of sp³-hybridized carbons (Fsp3) is 0.125. The topological polar surface area (TPSA) is 61.4 Å². The van der Waals surface area contributed by atoms with E-state index in [4.69, 9.17) is 0 Å². The second-order valence-electron chi connectivity index (χ2n) is 4.86. The number of ketones is 1. The lowest BCUT2D eigenvalue weighted by Crippen LogP contribution is -3.00. The Morgan fingerprint density at radius 2 is 1.95 bits per heavy atom. The highest BCUT2D eigenvalue weighted by Gasteiger charge is 2.18. The lowest BCUT2D eigenvalue weighted by molar-refractivity contribution is -0.687. The molecular weight excluding hydrogens is 413 g/mol. The van der Waals surface area contributed by atoms with Crippen LogP contribution in [-0.4, -0.2) is 16.0 Å². The molecule has 0 aliphatic heterocycles. The summed E-state index contributed by atoms with van der Waals surface area (Å²) < 4.78 is 3.06. The molecule has 2 heterocycles. The van der Waals surface area contributed by atoms with Crippen molar-refractivity contribution in [1.82, 2.24) is 0 Å². The molecule has 0 saturated carbocycles. The van der Waals surface area contributed by atoms with Gasteiger partial charge in [-0.15, -0.1) is 11.3 Å². The number of aromatic hydroxyl groups is 2. The van der Waals surface area contributed by atoms with Crippen LogP contribution in [-0.2, 0) is 6.54 Å². The molecule has 0 fully saturated rings. The number of aryl methyl sites for hydroxylation is 1. The number of phenolic OH excluding ortho intramolecular Hbond substituents is 2. The van der Waals surface area contributed by atoms with E-state index in [-0.39, 0.29) is 47.8 Å². The number of aromatic nitrogens is 1. The Labute approximate surface area is 148 Å². The maximum Gasteiger partial charge on any atom is 0.227 e. The summed E-state index contributed by atoms with van der Waals surface area (Å²) in [6.07, 6.45) is 1.89. The number of carbonyl (C=O) groups excluding carboxylic acids is 1. The first kappa shape index (κ1) is 16.7. The standard InChI is InChI=1S/C16H13NO3S.HI/c1-10-16-11(5-7-21-16)4-6-17(10)9-15(20)12-2-3-13(18)14(19)8-12;/h2-8H,9H2,1H3,(H-,18,19,20);1H. The number of carbonyl (C=O) groups is 1. The van der Waals surface area contributed by atoms with Crippen LogP contribution in [0.15, 0.2) is 41.9 Å². The predicted molar refractivity (Wildman–Crippen MR) is 80.9 cm³/mol. The minimum atomic E-state index is -0.281. The van der Waals surface area contributed by atoms with E-state index in [2.05, 4.69) is 6.07 Å². The fourth-order valence-corrected chi connectivity index (χ4v) is 3.18. The molecule has 0 aliphatic carbocycles. The normalized spacial score (nSPS) is 10.4. The summed E-state index contributed by atoms with van der Waals surface area (Å²) in [6, 6.07) is 8.16. The summed E-state index contributed by atoms with van der Waals surface area (Å²) in [6.45, 7) is 2.18. The van der Waals surface area contributed by atoms with Crippen LogP contribution in [0.4, 0.5) is 0 Å². The molecule has 22 heavy (non-hydrogen) atoms. The van der Waals surface area contributed by atoms with Gasteiger partial charge in [-0.05, 0) is 29.6 Å². The monoisotopic (exact) mass is 427 g/mol. The van der Waals surface area contributed by atoms with E-state index in [0.717, 1.165) is 5.69 Å². The van der Waals surface area contributed by atoms with Crippen molar-refractivity contribution in [1.29, 1.82) is 0 Å². The first-order chi connectivity index (χ1) is 10.1. The van der Waals surface area contributed by atoms with Crippen molar-refractivity contribution in [3.05, 3.63) is 53.2 Å². The highest BCUT2D eigenvalue weighted by molar-refractivity contribution is 7.17. The zero-order valence-electron chi connectivity index (χ0n) is 11.8. The highest BCUT2D eigenvalue weighted by atomic mass is 127. The zero-order chi connectivity index (χ0) is 15.0. The zero-order valence-corrected chi connectivity index (χ0v) is 14.8. The molecule has 0 saturated heterocycles. The molecule has 0 aliphatic rings. The van der Waals surface area contributed by atoms with Gasteiger partial charge in [0.1, 0.15) is 4.70 Å². The Hall–Kier alpha value is -1.67. The van der Waals surface area contributed by atoms with Crippen LogP contribution < -0.4 is 28.5 Å². The Balaban J connectivity index is 0.00000176. The molecular formula is C16H14INO3S. The summed E-state index contributed by atoms with van der Waals surface area (Å²) in [7, 11) is 0. The number of fused-ring (bicyclic) bond motifs is 1. The molecule has 2 N–H and O–H groups in total. The van der Waals surface area contributed by atoms with E-state index in [0.29, 0.717) is 5.56 Å². The minimum absolute atomic E-state index is 0. The SMILES string of the molecule is Cc1c2sccc2cc[n+]1CC(=O)c1ccc(O)c(O)c1.[I-]. The average Bonchev–Trinajstić information content (AvgIpc) is 2.94. The van der Waals surface area contributed by atoms with Crippen molar-refractivity contribution in [2.75, 3.05) is 0 Å². The van der Waals surface area contributed by atoms with Crippen molar-refractivity contribution in [3.8, 4) is 11.5 Å². The number of benzene rings is 1. The van der Waals surface area contributed by atoms with Crippen LogP contribution in [0.25, 0.3) is 10.1 Å². The van der Waals surface area contributed by atoms with Crippen LogP contribution in [0.3, 0.4) is 0 Å². The van der Waals surface area contributed by atoms with Gasteiger partial charge in [0.15, 0.2) is 23.4 Å². The summed E-state index contributed by atoms with van der Waals surface area (Å²) in [4.78, 5) is 12.3. The number of rotatable bonds is 3. The molecule has 4 nitrogen and oxygen atoms in total. The second kappa shape index (κ2) is 6.62. The van der Waals surface area contributed by atoms with Gasteiger partial charge < -0.3 is 34.2 Å². The molecule has 0 amide bonds. The maximum atomic E-state index is 12.3. The van der Waals surface area contributed by atoms with Crippen LogP contribution in [0.2, 0.25) is 0 Å². The molecule has 0 spiro atoms. The number of hydrogen-bond acceptors (Lipinski definition) is 4. The van der Waals surface area contributed by atoms with E-state index in [1.54, 1.807) is 11.3 Å². The number of hydrogen-bond donors (Lipinski definition) is 2. The van der Waals surface area contributed by atoms with Crippen LogP contribution in [0.1, 0.15) is 16.1 Å². The predicted octanol–water partition coefficient (Wildman–Crippen LogP) is -0.205. The van der Waals surface area contributed by atoms with E-state index >= 15 is 0 Å². The first-order valence-electron chi connectivity index (χ1n) is 6.47. The third-order valence-electron chi connectivity index (χ3n) is 3.50. The van der Waals surface area contributed by atoms with Crippen LogP contribution in [0, 0.1) is 6.92 Å². The number of phenols is 2. The number of Topliss-reactive ketones (excluding diaryl/α,β-unsaturated/α-hetero) is 1. The molecule has 3 rings (SSSR count). The van der Waals surface area contributed by atoms with Crippen molar-refractivity contribution >= 4 is 27.2 Å². The van der Waals surface area contributed by atoms with Crippen molar-refractivity contribution < 1.29 is 43.6 Å². The van der Waals surface area contributed by atoms with Gasteiger partial charge in [-0.2, -0.15) is 4.57 Å². The van der Waals surface area contributed by atoms with E-state index in [9.17, 15) is 15.0 Å².